The second-order valence-corrected chi connectivity index (χ2v) is 3.81. The monoisotopic (exact) mass is 278 g/mol. The van der Waals surface area contributed by atoms with Gasteiger partial charge < -0.3 is 10.5 Å². The quantitative estimate of drug-likeness (QED) is 0.663. The van der Waals surface area contributed by atoms with Crippen molar-refractivity contribution in [1.82, 2.24) is 4.98 Å². The van der Waals surface area contributed by atoms with E-state index in [4.69, 9.17) is 22.1 Å². The minimum absolute atomic E-state index is 0.0634. The first-order valence-corrected chi connectivity index (χ1v) is 5.69. The summed E-state index contributed by atoms with van der Waals surface area (Å²) in [4.78, 5) is 15.1. The summed E-state index contributed by atoms with van der Waals surface area (Å²) in [6, 6.07) is 0. The first kappa shape index (κ1) is 14.8. The molecule has 100 valence electrons. The molecule has 1 aromatic rings. The van der Waals surface area contributed by atoms with Crippen LogP contribution in [0.2, 0.25) is 5.15 Å². The van der Waals surface area contributed by atoms with Gasteiger partial charge in [-0.05, 0) is 12.5 Å². The molecular formula is C11H13ClF2N2O2. The molecule has 0 saturated heterocycles. The highest BCUT2D eigenvalue weighted by molar-refractivity contribution is 6.30. The van der Waals surface area contributed by atoms with Crippen LogP contribution < -0.4 is 5.73 Å². The first-order chi connectivity index (χ1) is 8.51. The Morgan fingerprint density at radius 1 is 1.61 bits per heavy atom. The van der Waals surface area contributed by atoms with E-state index in [-0.39, 0.29) is 41.4 Å². The van der Waals surface area contributed by atoms with E-state index in [0.717, 1.165) is 6.20 Å². The van der Waals surface area contributed by atoms with Gasteiger partial charge in [-0.1, -0.05) is 11.6 Å². The molecule has 0 aliphatic rings. The highest BCUT2D eigenvalue weighted by Gasteiger charge is 2.22. The highest BCUT2D eigenvalue weighted by atomic mass is 35.5. The van der Waals surface area contributed by atoms with E-state index in [1.54, 1.807) is 6.92 Å². The summed E-state index contributed by atoms with van der Waals surface area (Å²) >= 11 is 5.70. The van der Waals surface area contributed by atoms with Crippen LogP contribution in [0.25, 0.3) is 0 Å². The third-order valence-electron chi connectivity index (χ3n) is 2.32. The third kappa shape index (κ3) is 3.36. The lowest BCUT2D eigenvalue weighted by Gasteiger charge is -2.13. The lowest BCUT2D eigenvalue weighted by Crippen LogP contribution is -2.13. The molecule has 0 spiro atoms. The van der Waals surface area contributed by atoms with Crippen LogP contribution in [-0.2, 0) is 22.5 Å². The van der Waals surface area contributed by atoms with E-state index >= 15 is 0 Å². The minimum Gasteiger partial charge on any atom is -0.466 e. The van der Waals surface area contributed by atoms with Crippen LogP contribution in [0.15, 0.2) is 6.20 Å². The van der Waals surface area contributed by atoms with E-state index in [2.05, 4.69) is 4.98 Å². The first-order valence-electron chi connectivity index (χ1n) is 5.31. The molecule has 0 radical (unpaired) electrons. The normalized spacial score (nSPS) is 10.8. The van der Waals surface area contributed by atoms with Gasteiger partial charge in [0.15, 0.2) is 0 Å². The Morgan fingerprint density at radius 2 is 2.28 bits per heavy atom. The fourth-order valence-corrected chi connectivity index (χ4v) is 1.79. The van der Waals surface area contributed by atoms with Crippen molar-refractivity contribution in [1.29, 1.82) is 0 Å². The van der Waals surface area contributed by atoms with Gasteiger partial charge in [0.25, 0.3) is 6.43 Å². The molecule has 7 heteroatoms. The number of rotatable bonds is 5. The van der Waals surface area contributed by atoms with Crippen LogP contribution in [0.1, 0.15) is 30.0 Å². The maximum Gasteiger partial charge on any atom is 0.310 e. The van der Waals surface area contributed by atoms with Gasteiger partial charge in [-0.25, -0.2) is 13.8 Å². The standard InChI is InChI=1S/C11H13ClF2N2O2/c1-2-18-8(17)3-6-5-16-10(12)7(4-15)9(6)11(13)14/h5,11H,2-4,15H2,1H3. The van der Waals surface area contributed by atoms with E-state index in [9.17, 15) is 13.6 Å². The minimum atomic E-state index is -2.77. The molecule has 0 aliphatic carbocycles. The van der Waals surface area contributed by atoms with Gasteiger partial charge in [-0.3, -0.25) is 4.79 Å². The predicted molar refractivity (Wildman–Crippen MR) is 62.4 cm³/mol. The highest BCUT2D eigenvalue weighted by Crippen LogP contribution is 2.30. The number of carbonyl (C=O) groups excluding carboxylic acids is 1. The number of esters is 1. The second-order valence-electron chi connectivity index (χ2n) is 3.45. The summed E-state index contributed by atoms with van der Waals surface area (Å²) in [5.41, 5.74) is 5.20. The van der Waals surface area contributed by atoms with Crippen molar-refractivity contribution in [3.8, 4) is 0 Å². The second kappa shape index (κ2) is 6.61. The summed E-state index contributed by atoms with van der Waals surface area (Å²) in [6.45, 7) is 1.66. The number of hydrogen-bond acceptors (Lipinski definition) is 4. The molecule has 1 rings (SSSR count). The smallest absolute Gasteiger partial charge is 0.310 e. The molecule has 0 amide bonds. The SMILES string of the molecule is CCOC(=O)Cc1cnc(Cl)c(CN)c1C(F)F. The zero-order chi connectivity index (χ0) is 13.7. The molecule has 0 fully saturated rings. The van der Waals surface area contributed by atoms with Gasteiger partial charge in [0, 0.05) is 23.9 Å². The van der Waals surface area contributed by atoms with E-state index in [0.29, 0.717) is 0 Å². The van der Waals surface area contributed by atoms with Gasteiger partial charge >= 0.3 is 5.97 Å². The average Bonchev–Trinajstić information content (AvgIpc) is 2.30. The maximum atomic E-state index is 13.0. The largest absolute Gasteiger partial charge is 0.466 e. The Hall–Kier alpha value is -1.27. The molecule has 0 saturated carbocycles. The van der Waals surface area contributed by atoms with E-state index in [1.165, 1.54) is 0 Å². The number of ether oxygens (including phenoxy) is 1. The van der Waals surface area contributed by atoms with Gasteiger partial charge in [0.05, 0.1) is 13.0 Å². The number of halogens is 3. The summed E-state index contributed by atoms with van der Waals surface area (Å²) in [5.74, 6) is -0.591. The third-order valence-corrected chi connectivity index (χ3v) is 2.64. The molecule has 18 heavy (non-hydrogen) atoms. The Bertz CT molecular complexity index is 441. The lowest BCUT2D eigenvalue weighted by atomic mass is 10.0. The van der Waals surface area contributed by atoms with Crippen LogP contribution in [0, 0.1) is 0 Å². The van der Waals surface area contributed by atoms with Crippen molar-refractivity contribution in [3.05, 3.63) is 28.0 Å². The average molecular weight is 279 g/mol. The van der Waals surface area contributed by atoms with Crippen molar-refractivity contribution in [2.75, 3.05) is 6.61 Å². The Morgan fingerprint density at radius 3 is 2.78 bits per heavy atom. The molecule has 2 N–H and O–H groups in total. The summed E-state index contributed by atoms with van der Waals surface area (Å²) in [6.07, 6.45) is -1.89. The molecule has 0 bridgehead atoms. The van der Waals surface area contributed by atoms with Crippen LogP contribution in [0.4, 0.5) is 8.78 Å². The van der Waals surface area contributed by atoms with Crippen molar-refractivity contribution < 1.29 is 18.3 Å². The topological polar surface area (TPSA) is 65.2 Å². The van der Waals surface area contributed by atoms with Gasteiger partial charge in [-0.15, -0.1) is 0 Å². The molecule has 0 aromatic carbocycles. The number of nitrogens with two attached hydrogens (primary N) is 1. The van der Waals surface area contributed by atoms with Gasteiger partial charge in [0.1, 0.15) is 5.15 Å². The molecule has 4 nitrogen and oxygen atoms in total. The molecule has 0 aliphatic heterocycles. The number of aromatic nitrogens is 1. The number of pyridine rings is 1. The van der Waals surface area contributed by atoms with Crippen molar-refractivity contribution in [2.24, 2.45) is 5.73 Å². The number of carbonyl (C=O) groups is 1. The lowest BCUT2D eigenvalue weighted by molar-refractivity contribution is -0.142. The number of hydrogen-bond donors (Lipinski definition) is 1. The maximum absolute atomic E-state index is 13.0. The Kier molecular flexibility index (Phi) is 5.43. The molecule has 0 atom stereocenters. The molecular weight excluding hydrogens is 266 g/mol. The Labute approximate surface area is 108 Å². The van der Waals surface area contributed by atoms with Crippen molar-refractivity contribution in [2.45, 2.75) is 26.3 Å². The summed E-state index contributed by atoms with van der Waals surface area (Å²) in [7, 11) is 0. The van der Waals surface area contributed by atoms with Crippen molar-refractivity contribution >= 4 is 17.6 Å². The summed E-state index contributed by atoms with van der Waals surface area (Å²) in [5, 5.41) is -0.0691. The van der Waals surface area contributed by atoms with Crippen LogP contribution in [0.5, 0.6) is 0 Å². The molecule has 1 heterocycles. The van der Waals surface area contributed by atoms with Gasteiger partial charge in [-0.2, -0.15) is 0 Å². The van der Waals surface area contributed by atoms with Gasteiger partial charge in [0.2, 0.25) is 0 Å². The zero-order valence-corrected chi connectivity index (χ0v) is 10.5. The van der Waals surface area contributed by atoms with E-state index in [1.807, 2.05) is 0 Å². The van der Waals surface area contributed by atoms with E-state index < -0.39 is 12.4 Å². The zero-order valence-electron chi connectivity index (χ0n) is 9.75. The molecule has 1 aromatic heterocycles. The molecule has 0 unspecified atom stereocenters. The number of nitrogens with zero attached hydrogens (tertiary/aromatic N) is 1. The summed E-state index contributed by atoms with van der Waals surface area (Å²) < 4.78 is 30.7. The number of alkyl halides is 2. The van der Waals surface area contributed by atoms with Crippen molar-refractivity contribution in [3.63, 3.8) is 0 Å². The van der Waals surface area contributed by atoms with Crippen LogP contribution in [-0.4, -0.2) is 17.6 Å². The van der Waals surface area contributed by atoms with Crippen LogP contribution >= 0.6 is 11.6 Å². The predicted octanol–water partition coefficient (Wildman–Crippen LogP) is 2.24. The Balaban J connectivity index is 3.15. The fourth-order valence-electron chi connectivity index (χ4n) is 1.56. The fraction of sp³-hybridized carbons (Fsp3) is 0.455. The van der Waals surface area contributed by atoms with Crippen LogP contribution in [0.3, 0.4) is 0 Å².